The van der Waals surface area contributed by atoms with Gasteiger partial charge >= 0.3 is 12.1 Å². The van der Waals surface area contributed by atoms with E-state index in [9.17, 15) is 35.5 Å². The molecule has 0 fully saturated rings. The summed E-state index contributed by atoms with van der Waals surface area (Å²) in [5.74, 6) is -7.16. The van der Waals surface area contributed by atoms with Crippen LogP contribution in [-0.2, 0) is 24.0 Å². The van der Waals surface area contributed by atoms with Crippen molar-refractivity contribution in [2.45, 2.75) is 25.6 Å². The van der Waals surface area contributed by atoms with Gasteiger partial charge in [0.05, 0.1) is 5.69 Å². The highest BCUT2D eigenvalue weighted by atomic mass is 32.1. The highest BCUT2D eigenvalue weighted by molar-refractivity contribution is 7.06. The van der Waals surface area contributed by atoms with Gasteiger partial charge in [0.25, 0.3) is 0 Å². The summed E-state index contributed by atoms with van der Waals surface area (Å²) in [5, 5.41) is 8.65. The lowest BCUT2D eigenvalue weighted by Gasteiger charge is -2.13. The molecule has 1 heterocycles. The fourth-order valence-electron chi connectivity index (χ4n) is 2.83. The van der Waals surface area contributed by atoms with Crippen molar-refractivity contribution in [3.63, 3.8) is 0 Å². The lowest BCUT2D eigenvalue weighted by atomic mass is 10.1. The topological polar surface area (TPSA) is 59.4 Å². The predicted octanol–water partition coefficient (Wildman–Crippen LogP) is 5.98. The van der Waals surface area contributed by atoms with Crippen molar-refractivity contribution in [2.24, 2.45) is 0 Å². The Morgan fingerprint density at radius 1 is 1.00 bits per heavy atom. The van der Waals surface area contributed by atoms with E-state index in [1.807, 2.05) is 0 Å². The van der Waals surface area contributed by atoms with Crippen molar-refractivity contribution in [2.75, 3.05) is 0 Å². The Labute approximate surface area is 180 Å². The van der Waals surface area contributed by atoms with Crippen LogP contribution in [0.25, 0.3) is 11.3 Å². The number of aryl methyl sites for hydroxylation is 1. The van der Waals surface area contributed by atoms with Crippen LogP contribution in [0.3, 0.4) is 0 Å². The molecule has 12 heteroatoms. The monoisotopic (exact) mass is 479 g/mol. The number of hydrogen-bond acceptors (Lipinski definition) is 4. The van der Waals surface area contributed by atoms with Crippen LogP contribution in [-0.4, -0.2) is 15.4 Å². The third kappa shape index (κ3) is 5.18. The second-order valence-corrected chi connectivity index (χ2v) is 7.31. The molecule has 0 amide bonds. The van der Waals surface area contributed by atoms with E-state index in [2.05, 4.69) is 4.37 Å². The van der Waals surface area contributed by atoms with E-state index in [1.165, 1.54) is 0 Å². The van der Waals surface area contributed by atoms with Gasteiger partial charge in [0.2, 0.25) is 0 Å². The maximum atomic E-state index is 14.3. The van der Waals surface area contributed by atoms with Crippen LogP contribution in [0, 0.1) is 23.3 Å². The van der Waals surface area contributed by atoms with Crippen LogP contribution in [0.4, 0.5) is 30.7 Å². The molecule has 0 unspecified atom stereocenters. The Balaban J connectivity index is 1.94. The molecule has 0 saturated heterocycles. The first-order chi connectivity index (χ1) is 15.0. The van der Waals surface area contributed by atoms with Gasteiger partial charge in [0.1, 0.15) is 11.5 Å². The lowest BCUT2D eigenvalue weighted by Crippen LogP contribution is -2.09. The first-order valence-corrected chi connectivity index (χ1v) is 9.58. The number of carboxylic acid groups (broad SMARTS) is 1. The van der Waals surface area contributed by atoms with Crippen molar-refractivity contribution in [3.8, 4) is 17.0 Å². The third-order valence-corrected chi connectivity index (χ3v) is 5.22. The van der Waals surface area contributed by atoms with Gasteiger partial charge in [0.15, 0.2) is 29.0 Å². The normalized spacial score (nSPS) is 11.6. The van der Waals surface area contributed by atoms with Gasteiger partial charge in [-0.2, -0.15) is 17.5 Å². The standard InChI is InChI=1S/C20H12F7NO3S/c21-12-3-2-10(7-13(12)22)17-11(19(32-28-17)20(25,26)27)8-31-18-14(23)5-9(6-15(18)24)1-4-16(29)30/h2-3,5-7H,1,4,8H2,(H,29,30). The highest BCUT2D eigenvalue weighted by Gasteiger charge is 2.38. The predicted molar refractivity (Wildman–Crippen MR) is 99.1 cm³/mol. The zero-order chi connectivity index (χ0) is 23.6. The Morgan fingerprint density at radius 2 is 1.66 bits per heavy atom. The highest BCUT2D eigenvalue weighted by Crippen LogP contribution is 2.40. The maximum Gasteiger partial charge on any atom is 0.427 e. The van der Waals surface area contributed by atoms with Crippen LogP contribution in [0.2, 0.25) is 0 Å². The summed E-state index contributed by atoms with van der Waals surface area (Å²) in [5.41, 5.74) is -1.15. The van der Waals surface area contributed by atoms with E-state index in [0.717, 1.165) is 18.2 Å². The third-order valence-electron chi connectivity index (χ3n) is 4.29. The molecule has 1 aromatic heterocycles. The fraction of sp³-hybridized carbons (Fsp3) is 0.200. The molecule has 3 rings (SSSR count). The smallest absolute Gasteiger partial charge is 0.427 e. The number of halogens is 7. The molecule has 0 saturated carbocycles. The van der Waals surface area contributed by atoms with Crippen molar-refractivity contribution in [1.82, 2.24) is 4.37 Å². The Hall–Kier alpha value is -3.15. The summed E-state index contributed by atoms with van der Waals surface area (Å²) >= 11 is 0.0290. The molecule has 0 atom stereocenters. The average Bonchev–Trinajstić information content (AvgIpc) is 3.12. The van der Waals surface area contributed by atoms with Gasteiger partial charge in [-0.3, -0.25) is 4.79 Å². The quantitative estimate of drug-likeness (QED) is 0.424. The second-order valence-electron chi connectivity index (χ2n) is 6.54. The van der Waals surface area contributed by atoms with Gasteiger partial charge in [-0.05, 0) is 53.8 Å². The summed E-state index contributed by atoms with van der Waals surface area (Å²) in [7, 11) is 0. The van der Waals surface area contributed by atoms with Crippen molar-refractivity contribution in [1.29, 1.82) is 0 Å². The van der Waals surface area contributed by atoms with Crippen LogP contribution in [0.15, 0.2) is 30.3 Å². The summed E-state index contributed by atoms with van der Waals surface area (Å²) in [6, 6.07) is 3.99. The molecule has 170 valence electrons. The molecule has 0 aliphatic carbocycles. The number of benzene rings is 2. The largest absolute Gasteiger partial charge is 0.483 e. The van der Waals surface area contributed by atoms with Crippen molar-refractivity contribution >= 4 is 17.5 Å². The SMILES string of the molecule is O=C(O)CCc1cc(F)c(OCc2c(-c3ccc(F)c(F)c3)nsc2C(F)(F)F)c(F)c1. The summed E-state index contributed by atoms with van der Waals surface area (Å²) in [6.45, 7) is -0.970. The van der Waals surface area contributed by atoms with Crippen molar-refractivity contribution in [3.05, 3.63) is 69.6 Å². The molecule has 3 aromatic rings. The number of ether oxygens (including phenoxy) is 1. The van der Waals surface area contributed by atoms with Gasteiger partial charge in [-0.15, -0.1) is 0 Å². The number of carbonyl (C=O) groups is 1. The first kappa shape index (κ1) is 23.5. The zero-order valence-electron chi connectivity index (χ0n) is 15.8. The second kappa shape index (κ2) is 9.15. The fourth-order valence-corrected chi connectivity index (χ4v) is 3.59. The van der Waals surface area contributed by atoms with E-state index >= 15 is 0 Å². The number of carboxylic acids is 1. The Morgan fingerprint density at radius 3 is 2.22 bits per heavy atom. The van der Waals surface area contributed by atoms with Crippen LogP contribution in [0.1, 0.15) is 22.4 Å². The van der Waals surface area contributed by atoms with Gasteiger partial charge in [-0.25, -0.2) is 17.6 Å². The molecule has 0 bridgehead atoms. The molecule has 1 N–H and O–H groups in total. The number of alkyl halides is 3. The number of aliphatic carboxylic acids is 1. The minimum atomic E-state index is -4.88. The molecular weight excluding hydrogens is 467 g/mol. The van der Waals surface area contributed by atoms with Gasteiger partial charge in [0, 0.05) is 17.5 Å². The lowest BCUT2D eigenvalue weighted by molar-refractivity contribution is -0.137. The molecule has 0 spiro atoms. The maximum absolute atomic E-state index is 14.3. The molecule has 4 nitrogen and oxygen atoms in total. The van der Waals surface area contributed by atoms with E-state index in [-0.39, 0.29) is 41.2 Å². The molecule has 0 aliphatic heterocycles. The minimum Gasteiger partial charge on any atom is -0.483 e. The summed E-state index contributed by atoms with van der Waals surface area (Å²) < 4.78 is 104. The Kier molecular flexibility index (Phi) is 6.72. The summed E-state index contributed by atoms with van der Waals surface area (Å²) in [6.07, 6.45) is -5.44. The summed E-state index contributed by atoms with van der Waals surface area (Å²) in [4.78, 5) is 9.37. The average molecular weight is 479 g/mol. The molecule has 0 aliphatic rings. The van der Waals surface area contributed by atoms with Crippen molar-refractivity contribution < 1.29 is 45.4 Å². The van der Waals surface area contributed by atoms with E-state index in [4.69, 9.17) is 9.84 Å². The van der Waals surface area contributed by atoms with Crippen LogP contribution in [0.5, 0.6) is 5.75 Å². The zero-order valence-corrected chi connectivity index (χ0v) is 16.6. The first-order valence-electron chi connectivity index (χ1n) is 8.81. The number of hydrogen-bond donors (Lipinski definition) is 1. The number of nitrogens with zero attached hydrogens (tertiary/aromatic N) is 1. The van der Waals surface area contributed by atoms with E-state index in [0.29, 0.717) is 12.1 Å². The molecule has 32 heavy (non-hydrogen) atoms. The van der Waals surface area contributed by atoms with Crippen LogP contribution >= 0.6 is 11.5 Å². The minimum absolute atomic E-state index is 0.0189. The van der Waals surface area contributed by atoms with E-state index < -0.39 is 58.2 Å². The van der Waals surface area contributed by atoms with Crippen LogP contribution < -0.4 is 4.74 Å². The van der Waals surface area contributed by atoms with Gasteiger partial charge < -0.3 is 9.84 Å². The van der Waals surface area contributed by atoms with E-state index in [1.54, 1.807) is 0 Å². The number of rotatable bonds is 7. The molecule has 0 radical (unpaired) electrons. The Bertz CT molecular complexity index is 1140. The van der Waals surface area contributed by atoms with Gasteiger partial charge in [-0.1, -0.05) is 0 Å². The molecule has 2 aromatic carbocycles. The number of aromatic nitrogens is 1. The molecular formula is C20H12F7NO3S.